The van der Waals surface area contributed by atoms with E-state index in [1.165, 1.54) is 0 Å². The van der Waals surface area contributed by atoms with Crippen molar-refractivity contribution in [2.75, 3.05) is 33.4 Å². The molecule has 1 saturated heterocycles. The van der Waals surface area contributed by atoms with Crippen LogP contribution in [-0.4, -0.2) is 49.3 Å². The normalized spacial score (nSPS) is 18.4. The topological polar surface area (TPSA) is 47.7 Å². The summed E-state index contributed by atoms with van der Waals surface area (Å²) in [6.07, 6.45) is 2.12. The van der Waals surface area contributed by atoms with Gasteiger partial charge < -0.3 is 20.1 Å². The van der Waals surface area contributed by atoms with Crippen molar-refractivity contribution in [2.45, 2.75) is 18.9 Å². The number of likely N-dealkylation sites (N-methyl/N-ethyl adjacent to an activating group) is 1. The number of nitrogens with zero attached hydrogens (tertiary/aromatic N) is 1. The highest BCUT2D eigenvalue weighted by Gasteiger charge is 2.19. The standard InChI is InChI=1S/C15H22N2O2S/c1-17(13-6-9-18-11-13)7-3-8-19-14-5-2-4-12(10-14)15(16)20/h2,4-5,10,13H,3,6-9,11H2,1H3,(H2,16,20). The molecule has 1 fully saturated rings. The van der Waals surface area contributed by atoms with Crippen molar-refractivity contribution in [3.63, 3.8) is 0 Å². The predicted molar refractivity (Wildman–Crippen MR) is 84.3 cm³/mol. The van der Waals surface area contributed by atoms with Crippen LogP contribution in [0.15, 0.2) is 24.3 Å². The smallest absolute Gasteiger partial charge is 0.119 e. The average Bonchev–Trinajstić information content (AvgIpc) is 2.98. The number of nitrogens with two attached hydrogens (primary N) is 1. The highest BCUT2D eigenvalue weighted by atomic mass is 32.1. The van der Waals surface area contributed by atoms with Gasteiger partial charge in [-0.1, -0.05) is 24.4 Å². The van der Waals surface area contributed by atoms with Gasteiger partial charge in [0.2, 0.25) is 0 Å². The Morgan fingerprint density at radius 1 is 1.55 bits per heavy atom. The molecule has 5 heteroatoms. The van der Waals surface area contributed by atoms with Crippen LogP contribution in [0, 0.1) is 0 Å². The molecular weight excluding hydrogens is 272 g/mol. The molecule has 0 amide bonds. The van der Waals surface area contributed by atoms with E-state index in [4.69, 9.17) is 27.4 Å². The third kappa shape index (κ3) is 4.44. The maximum absolute atomic E-state index is 5.74. The largest absolute Gasteiger partial charge is 0.494 e. The lowest BCUT2D eigenvalue weighted by atomic mass is 10.2. The number of hydrogen-bond donors (Lipinski definition) is 1. The van der Waals surface area contributed by atoms with E-state index in [0.717, 1.165) is 43.9 Å². The molecule has 1 aromatic carbocycles. The number of thiocarbonyl (C=S) groups is 1. The van der Waals surface area contributed by atoms with Gasteiger partial charge in [0.1, 0.15) is 10.7 Å². The van der Waals surface area contributed by atoms with Crippen LogP contribution in [0.5, 0.6) is 5.75 Å². The summed E-state index contributed by atoms with van der Waals surface area (Å²) in [6, 6.07) is 8.18. The van der Waals surface area contributed by atoms with Crippen LogP contribution < -0.4 is 10.5 Å². The summed E-state index contributed by atoms with van der Waals surface area (Å²) in [5.41, 5.74) is 6.45. The molecule has 1 unspecified atom stereocenters. The monoisotopic (exact) mass is 294 g/mol. The Balaban J connectivity index is 1.70. The van der Waals surface area contributed by atoms with E-state index >= 15 is 0 Å². The first-order valence-corrected chi connectivity index (χ1v) is 7.38. The summed E-state index contributed by atoms with van der Waals surface area (Å²) in [7, 11) is 2.15. The molecule has 1 aromatic rings. The summed E-state index contributed by atoms with van der Waals surface area (Å²) in [4.78, 5) is 2.75. The molecule has 0 aromatic heterocycles. The zero-order chi connectivity index (χ0) is 14.4. The van der Waals surface area contributed by atoms with Gasteiger partial charge in [0.15, 0.2) is 0 Å². The Morgan fingerprint density at radius 2 is 2.40 bits per heavy atom. The van der Waals surface area contributed by atoms with E-state index in [-0.39, 0.29) is 0 Å². The molecule has 0 aliphatic carbocycles. The highest BCUT2D eigenvalue weighted by Crippen LogP contribution is 2.14. The third-order valence-corrected chi connectivity index (χ3v) is 3.81. The molecule has 2 rings (SSSR count). The minimum absolute atomic E-state index is 0.399. The van der Waals surface area contributed by atoms with Crippen LogP contribution in [0.2, 0.25) is 0 Å². The number of hydrogen-bond acceptors (Lipinski definition) is 4. The van der Waals surface area contributed by atoms with Crippen LogP contribution in [0.1, 0.15) is 18.4 Å². The molecule has 0 bridgehead atoms. The first kappa shape index (κ1) is 15.2. The molecule has 0 radical (unpaired) electrons. The Hall–Kier alpha value is -1.17. The summed E-state index contributed by atoms with van der Waals surface area (Å²) in [5, 5.41) is 0. The van der Waals surface area contributed by atoms with Crippen molar-refractivity contribution in [1.82, 2.24) is 4.90 Å². The lowest BCUT2D eigenvalue weighted by Crippen LogP contribution is -2.33. The van der Waals surface area contributed by atoms with E-state index in [1.807, 2.05) is 24.3 Å². The van der Waals surface area contributed by atoms with E-state index < -0.39 is 0 Å². The Labute approximate surface area is 125 Å². The van der Waals surface area contributed by atoms with Crippen molar-refractivity contribution in [3.05, 3.63) is 29.8 Å². The molecule has 0 saturated carbocycles. The summed E-state index contributed by atoms with van der Waals surface area (Å²) >= 11 is 4.96. The molecule has 4 nitrogen and oxygen atoms in total. The van der Waals surface area contributed by atoms with Gasteiger partial charge in [0, 0.05) is 24.8 Å². The van der Waals surface area contributed by atoms with Gasteiger partial charge in [0.05, 0.1) is 13.2 Å². The molecule has 1 aliphatic heterocycles. The second kappa shape index (κ2) is 7.57. The van der Waals surface area contributed by atoms with Crippen molar-refractivity contribution >= 4 is 17.2 Å². The molecule has 20 heavy (non-hydrogen) atoms. The first-order valence-electron chi connectivity index (χ1n) is 6.97. The summed E-state index contributed by atoms with van der Waals surface area (Å²) in [6.45, 7) is 3.45. The minimum atomic E-state index is 0.399. The van der Waals surface area contributed by atoms with Crippen molar-refractivity contribution in [1.29, 1.82) is 0 Å². The third-order valence-electron chi connectivity index (χ3n) is 3.57. The highest BCUT2D eigenvalue weighted by molar-refractivity contribution is 7.80. The van der Waals surface area contributed by atoms with E-state index in [2.05, 4.69) is 11.9 Å². The zero-order valence-corrected chi connectivity index (χ0v) is 12.7. The Morgan fingerprint density at radius 3 is 3.10 bits per heavy atom. The summed E-state index contributed by atoms with van der Waals surface area (Å²) < 4.78 is 11.1. The summed E-state index contributed by atoms with van der Waals surface area (Å²) in [5.74, 6) is 0.821. The van der Waals surface area contributed by atoms with Crippen LogP contribution in [0.25, 0.3) is 0 Å². The van der Waals surface area contributed by atoms with Crippen LogP contribution in [0.3, 0.4) is 0 Å². The average molecular weight is 294 g/mol. The van der Waals surface area contributed by atoms with Gasteiger partial charge in [-0.15, -0.1) is 0 Å². The molecule has 1 atom stereocenters. The number of benzene rings is 1. The maximum atomic E-state index is 5.74. The maximum Gasteiger partial charge on any atom is 0.119 e. The van der Waals surface area contributed by atoms with Gasteiger partial charge in [-0.25, -0.2) is 0 Å². The lowest BCUT2D eigenvalue weighted by Gasteiger charge is -2.22. The lowest BCUT2D eigenvalue weighted by molar-refractivity contribution is 0.154. The van der Waals surface area contributed by atoms with E-state index in [1.54, 1.807) is 0 Å². The van der Waals surface area contributed by atoms with Crippen molar-refractivity contribution < 1.29 is 9.47 Å². The van der Waals surface area contributed by atoms with Crippen LogP contribution in [-0.2, 0) is 4.74 Å². The molecule has 2 N–H and O–H groups in total. The number of rotatable bonds is 7. The predicted octanol–water partition coefficient (Wildman–Crippen LogP) is 1.81. The molecule has 1 aliphatic rings. The minimum Gasteiger partial charge on any atom is -0.494 e. The fraction of sp³-hybridized carbons (Fsp3) is 0.533. The van der Waals surface area contributed by atoms with Gasteiger partial charge in [-0.3, -0.25) is 0 Å². The Bertz CT molecular complexity index is 447. The molecule has 110 valence electrons. The molecule has 0 spiro atoms. The van der Waals surface area contributed by atoms with Crippen molar-refractivity contribution in [3.8, 4) is 5.75 Å². The second-order valence-corrected chi connectivity index (χ2v) is 5.53. The number of ether oxygens (including phenoxy) is 2. The Kier molecular flexibility index (Phi) is 5.76. The van der Waals surface area contributed by atoms with Crippen LogP contribution in [0.4, 0.5) is 0 Å². The first-order chi connectivity index (χ1) is 9.66. The molecular formula is C15H22N2O2S. The van der Waals surface area contributed by atoms with Crippen LogP contribution >= 0.6 is 12.2 Å². The second-order valence-electron chi connectivity index (χ2n) is 5.09. The van der Waals surface area contributed by atoms with Gasteiger partial charge in [-0.2, -0.15) is 0 Å². The fourth-order valence-corrected chi connectivity index (χ4v) is 2.42. The zero-order valence-electron chi connectivity index (χ0n) is 11.9. The molecule has 1 heterocycles. The van der Waals surface area contributed by atoms with Gasteiger partial charge >= 0.3 is 0 Å². The van der Waals surface area contributed by atoms with Gasteiger partial charge in [-0.05, 0) is 32.0 Å². The quantitative estimate of drug-likeness (QED) is 0.614. The SMILES string of the molecule is CN(CCCOc1cccc(C(N)=S)c1)C1CCOC1. The van der Waals surface area contributed by atoms with Crippen molar-refractivity contribution in [2.24, 2.45) is 5.73 Å². The van der Waals surface area contributed by atoms with E-state index in [9.17, 15) is 0 Å². The van der Waals surface area contributed by atoms with Gasteiger partial charge in [0.25, 0.3) is 0 Å². The van der Waals surface area contributed by atoms with E-state index in [0.29, 0.717) is 17.6 Å². The fourth-order valence-electron chi connectivity index (χ4n) is 2.30.